The van der Waals surface area contributed by atoms with Crippen molar-refractivity contribution in [3.63, 3.8) is 0 Å². The Balaban J connectivity index is 1.68. The molecule has 1 aromatic heterocycles. The largest absolute Gasteiger partial charge is 0.480 e. The average Bonchev–Trinajstić information content (AvgIpc) is 3.41. The Bertz CT molecular complexity index is 894. The second-order valence-corrected chi connectivity index (χ2v) is 8.44. The molecular formula is C21H28N4O4S. The van der Waals surface area contributed by atoms with Gasteiger partial charge < -0.3 is 26.0 Å². The van der Waals surface area contributed by atoms with Gasteiger partial charge in [-0.3, -0.25) is 9.59 Å². The molecule has 1 aliphatic rings. The summed E-state index contributed by atoms with van der Waals surface area (Å²) < 4.78 is 0. The molecule has 9 heteroatoms. The molecule has 3 rings (SSSR count). The van der Waals surface area contributed by atoms with Crippen molar-refractivity contribution in [1.82, 2.24) is 20.9 Å². The summed E-state index contributed by atoms with van der Waals surface area (Å²) >= 11 is 1.57. The van der Waals surface area contributed by atoms with E-state index < -0.39 is 24.0 Å². The molecule has 2 amide bonds. The molecule has 1 fully saturated rings. The van der Waals surface area contributed by atoms with Crippen LogP contribution in [0.3, 0.4) is 0 Å². The predicted octanol–water partition coefficient (Wildman–Crippen LogP) is 1.27. The molecule has 0 aliphatic carbocycles. The number of rotatable bonds is 10. The SMILES string of the molecule is CSCCC(NC(=O)C1CCCN1)C(=O)NC(Cc1c[nH]c2ccccc12)C(=O)O. The number of aromatic amines is 1. The zero-order valence-corrected chi connectivity index (χ0v) is 17.8. The summed E-state index contributed by atoms with van der Waals surface area (Å²) in [5.74, 6) is -1.11. The maximum atomic E-state index is 12.9. The highest BCUT2D eigenvalue weighted by Crippen LogP contribution is 2.19. The zero-order chi connectivity index (χ0) is 21.5. The number of carboxylic acids is 1. The fraction of sp³-hybridized carbons (Fsp3) is 0.476. The maximum Gasteiger partial charge on any atom is 0.326 e. The number of carboxylic acid groups (broad SMARTS) is 1. The lowest BCUT2D eigenvalue weighted by Crippen LogP contribution is -2.54. The summed E-state index contributed by atoms with van der Waals surface area (Å²) in [6.07, 6.45) is 5.94. The van der Waals surface area contributed by atoms with Crippen LogP contribution in [0.5, 0.6) is 0 Å². The number of hydrogen-bond acceptors (Lipinski definition) is 5. The minimum atomic E-state index is -1.11. The number of carbonyl (C=O) groups is 3. The second-order valence-electron chi connectivity index (χ2n) is 7.45. The molecule has 3 atom stereocenters. The van der Waals surface area contributed by atoms with Crippen molar-refractivity contribution in [2.24, 2.45) is 0 Å². The Morgan fingerprint density at radius 3 is 2.73 bits per heavy atom. The highest BCUT2D eigenvalue weighted by Gasteiger charge is 2.30. The van der Waals surface area contributed by atoms with Crippen molar-refractivity contribution in [2.45, 2.75) is 43.8 Å². The molecule has 1 aliphatic heterocycles. The number of benzene rings is 1. The number of fused-ring (bicyclic) bond motifs is 1. The Labute approximate surface area is 179 Å². The average molecular weight is 433 g/mol. The predicted molar refractivity (Wildman–Crippen MR) is 118 cm³/mol. The number of carbonyl (C=O) groups excluding carboxylic acids is 2. The van der Waals surface area contributed by atoms with Crippen LogP contribution in [0.1, 0.15) is 24.8 Å². The fourth-order valence-electron chi connectivity index (χ4n) is 3.68. The van der Waals surface area contributed by atoms with Gasteiger partial charge >= 0.3 is 5.97 Å². The van der Waals surface area contributed by atoms with Gasteiger partial charge in [0.15, 0.2) is 0 Å². The number of hydrogen-bond donors (Lipinski definition) is 5. The molecule has 0 bridgehead atoms. The topological polar surface area (TPSA) is 123 Å². The Kier molecular flexibility index (Phi) is 7.75. The van der Waals surface area contributed by atoms with Crippen molar-refractivity contribution in [1.29, 1.82) is 0 Å². The van der Waals surface area contributed by atoms with Crippen LogP contribution in [0.15, 0.2) is 30.5 Å². The quantitative estimate of drug-likeness (QED) is 0.385. The van der Waals surface area contributed by atoms with Crippen LogP contribution in [-0.4, -0.2) is 64.6 Å². The van der Waals surface area contributed by atoms with Gasteiger partial charge in [0.1, 0.15) is 12.1 Å². The summed E-state index contributed by atoms with van der Waals surface area (Å²) in [6.45, 7) is 0.783. The van der Waals surface area contributed by atoms with Crippen LogP contribution in [0.2, 0.25) is 0 Å². The lowest BCUT2D eigenvalue weighted by atomic mass is 10.0. The van der Waals surface area contributed by atoms with Gasteiger partial charge in [-0.25, -0.2) is 4.79 Å². The van der Waals surface area contributed by atoms with Crippen LogP contribution < -0.4 is 16.0 Å². The van der Waals surface area contributed by atoms with Crippen LogP contribution in [0, 0.1) is 0 Å². The summed E-state index contributed by atoms with van der Waals surface area (Å²) in [7, 11) is 0. The fourth-order valence-corrected chi connectivity index (χ4v) is 4.15. The molecule has 2 aromatic rings. The molecular weight excluding hydrogens is 404 g/mol. The van der Waals surface area contributed by atoms with Gasteiger partial charge in [-0.15, -0.1) is 0 Å². The highest BCUT2D eigenvalue weighted by molar-refractivity contribution is 7.98. The van der Waals surface area contributed by atoms with Gasteiger partial charge in [-0.2, -0.15) is 11.8 Å². The molecule has 8 nitrogen and oxygen atoms in total. The van der Waals surface area contributed by atoms with Gasteiger partial charge in [0.05, 0.1) is 6.04 Å². The molecule has 162 valence electrons. The second kappa shape index (κ2) is 10.5. The number of aromatic nitrogens is 1. The minimum Gasteiger partial charge on any atom is -0.480 e. The van der Waals surface area contributed by atoms with Gasteiger partial charge in [-0.05, 0) is 49.4 Å². The molecule has 1 saturated heterocycles. The summed E-state index contributed by atoms with van der Waals surface area (Å²) in [6, 6.07) is 5.47. The third kappa shape index (κ3) is 5.54. The van der Waals surface area contributed by atoms with Crippen LogP contribution in [-0.2, 0) is 20.8 Å². The molecule has 2 heterocycles. The van der Waals surface area contributed by atoms with Crippen molar-refractivity contribution in [2.75, 3.05) is 18.6 Å². The number of amides is 2. The first-order valence-corrected chi connectivity index (χ1v) is 11.5. The first-order chi connectivity index (χ1) is 14.5. The van der Waals surface area contributed by atoms with E-state index in [1.165, 1.54) is 0 Å². The molecule has 30 heavy (non-hydrogen) atoms. The van der Waals surface area contributed by atoms with E-state index in [4.69, 9.17) is 0 Å². The van der Waals surface area contributed by atoms with Gasteiger partial charge in [0, 0.05) is 23.5 Å². The van der Waals surface area contributed by atoms with E-state index in [0.717, 1.165) is 35.9 Å². The third-order valence-electron chi connectivity index (χ3n) is 5.33. The number of nitrogens with one attached hydrogen (secondary N) is 4. The molecule has 3 unspecified atom stereocenters. The van der Waals surface area contributed by atoms with E-state index in [0.29, 0.717) is 12.2 Å². The lowest BCUT2D eigenvalue weighted by Gasteiger charge is -2.22. The van der Waals surface area contributed by atoms with Gasteiger partial charge in [0.2, 0.25) is 11.8 Å². The third-order valence-corrected chi connectivity index (χ3v) is 5.98. The van der Waals surface area contributed by atoms with E-state index in [9.17, 15) is 19.5 Å². The van der Waals surface area contributed by atoms with Gasteiger partial charge in [0.25, 0.3) is 0 Å². The summed E-state index contributed by atoms with van der Waals surface area (Å²) in [5.41, 5.74) is 1.73. The lowest BCUT2D eigenvalue weighted by molar-refractivity contribution is -0.142. The van der Waals surface area contributed by atoms with E-state index in [2.05, 4.69) is 20.9 Å². The summed E-state index contributed by atoms with van der Waals surface area (Å²) in [5, 5.41) is 19.2. The molecule has 5 N–H and O–H groups in total. The standard InChI is InChI=1S/C21H28N4O4S/c1-30-10-8-17(24-19(26)16-7-4-9-22-16)20(27)25-18(21(28)29)11-13-12-23-15-6-3-2-5-14(13)15/h2-3,5-6,12,16-18,22-23H,4,7-11H2,1H3,(H,24,26)(H,25,27)(H,28,29). The summed E-state index contributed by atoms with van der Waals surface area (Å²) in [4.78, 5) is 40.3. The van der Waals surface area contributed by atoms with Crippen molar-refractivity contribution >= 4 is 40.4 Å². The normalized spacial score (nSPS) is 18.1. The molecule has 0 radical (unpaired) electrons. The van der Waals surface area contributed by atoms with Gasteiger partial charge in [-0.1, -0.05) is 18.2 Å². The number of thioether (sulfide) groups is 1. The molecule has 0 spiro atoms. The molecule has 1 aromatic carbocycles. The van der Waals surface area contributed by atoms with Crippen molar-refractivity contribution in [3.8, 4) is 0 Å². The van der Waals surface area contributed by atoms with E-state index >= 15 is 0 Å². The Morgan fingerprint density at radius 1 is 1.23 bits per heavy atom. The van der Waals surface area contributed by atoms with Crippen molar-refractivity contribution in [3.05, 3.63) is 36.0 Å². The van der Waals surface area contributed by atoms with E-state index in [-0.39, 0.29) is 18.4 Å². The minimum absolute atomic E-state index is 0.151. The van der Waals surface area contributed by atoms with Crippen molar-refractivity contribution < 1.29 is 19.5 Å². The number of para-hydroxylation sites is 1. The van der Waals surface area contributed by atoms with Crippen LogP contribution >= 0.6 is 11.8 Å². The van der Waals surface area contributed by atoms with Crippen LogP contribution in [0.4, 0.5) is 0 Å². The monoisotopic (exact) mass is 432 g/mol. The maximum absolute atomic E-state index is 12.9. The number of H-pyrrole nitrogens is 1. The first-order valence-electron chi connectivity index (χ1n) is 10.1. The smallest absolute Gasteiger partial charge is 0.326 e. The zero-order valence-electron chi connectivity index (χ0n) is 16.9. The van der Waals surface area contributed by atoms with Crippen LogP contribution in [0.25, 0.3) is 10.9 Å². The Morgan fingerprint density at radius 2 is 2.03 bits per heavy atom. The Hall–Kier alpha value is -2.52. The first kappa shape index (κ1) is 22.2. The highest BCUT2D eigenvalue weighted by atomic mass is 32.2. The molecule has 0 saturated carbocycles. The van der Waals surface area contributed by atoms with E-state index in [1.54, 1.807) is 18.0 Å². The van der Waals surface area contributed by atoms with E-state index in [1.807, 2.05) is 30.5 Å². The number of aliphatic carboxylic acids is 1.